The first-order valence-corrected chi connectivity index (χ1v) is 7.30. The number of hydrogen-bond donors (Lipinski definition) is 1. The maximum atomic E-state index is 11.3. The molecular weight excluding hydrogens is 252 g/mol. The lowest BCUT2D eigenvalue weighted by Crippen LogP contribution is -2.44. The molecule has 0 radical (unpaired) electrons. The number of amidine groups is 1. The smallest absolute Gasteiger partial charge is 0.149 e. The summed E-state index contributed by atoms with van der Waals surface area (Å²) in [7, 11) is 1.70. The first-order valence-electron chi connectivity index (χ1n) is 7.30. The Hall–Kier alpha value is -1.39. The molecule has 0 aromatic heterocycles. The van der Waals surface area contributed by atoms with E-state index in [1.54, 1.807) is 7.11 Å². The van der Waals surface area contributed by atoms with Crippen molar-refractivity contribution in [3.63, 3.8) is 0 Å². The van der Waals surface area contributed by atoms with Gasteiger partial charge in [-0.05, 0) is 24.8 Å². The van der Waals surface area contributed by atoms with Crippen molar-refractivity contribution in [3.05, 3.63) is 29.8 Å². The van der Waals surface area contributed by atoms with Crippen LogP contribution < -0.4 is 4.90 Å². The van der Waals surface area contributed by atoms with E-state index in [0.29, 0.717) is 13.0 Å². The van der Waals surface area contributed by atoms with Crippen LogP contribution in [-0.2, 0) is 10.3 Å². The van der Waals surface area contributed by atoms with E-state index in [1.165, 1.54) is 0 Å². The fourth-order valence-corrected chi connectivity index (χ4v) is 3.42. The van der Waals surface area contributed by atoms with E-state index >= 15 is 0 Å². The van der Waals surface area contributed by atoms with E-state index in [2.05, 4.69) is 22.9 Å². The van der Waals surface area contributed by atoms with Crippen molar-refractivity contribution in [1.29, 1.82) is 0 Å². The van der Waals surface area contributed by atoms with Crippen molar-refractivity contribution in [3.8, 4) is 0 Å². The van der Waals surface area contributed by atoms with Gasteiger partial charge in [0.05, 0.1) is 0 Å². The molecular formula is C16H22N2O2. The summed E-state index contributed by atoms with van der Waals surface area (Å²) in [4.78, 5) is 6.80. The van der Waals surface area contributed by atoms with Gasteiger partial charge in [0, 0.05) is 38.1 Å². The predicted octanol–water partition coefficient (Wildman–Crippen LogP) is 2.17. The minimum atomic E-state index is -0.963. The number of aliphatic hydroxyl groups is 1. The van der Waals surface area contributed by atoms with Gasteiger partial charge in [0.2, 0.25) is 0 Å². The Labute approximate surface area is 120 Å². The molecule has 0 saturated carbocycles. The molecule has 2 aliphatic rings. The van der Waals surface area contributed by atoms with E-state index in [0.717, 1.165) is 36.6 Å². The topological polar surface area (TPSA) is 45.1 Å². The zero-order chi connectivity index (χ0) is 14.2. The fourth-order valence-electron chi connectivity index (χ4n) is 3.42. The molecule has 2 heterocycles. The molecule has 20 heavy (non-hydrogen) atoms. The molecule has 2 atom stereocenters. The lowest BCUT2D eigenvalue weighted by Gasteiger charge is -2.31. The van der Waals surface area contributed by atoms with E-state index in [4.69, 9.17) is 4.74 Å². The fraction of sp³-hybridized carbons (Fsp3) is 0.562. The highest BCUT2D eigenvalue weighted by Crippen LogP contribution is 2.45. The van der Waals surface area contributed by atoms with Crippen LogP contribution in [0.2, 0.25) is 0 Å². The molecule has 4 heteroatoms. The number of aliphatic imine (C=N–C) groups is 1. The summed E-state index contributed by atoms with van der Waals surface area (Å²) in [6.07, 6.45) is 1.69. The minimum Gasteiger partial charge on any atom is -0.384 e. The molecule has 0 saturated heterocycles. The molecule has 2 unspecified atom stereocenters. The van der Waals surface area contributed by atoms with Crippen molar-refractivity contribution in [2.75, 3.05) is 31.7 Å². The third-order valence-corrected chi connectivity index (χ3v) is 4.16. The second-order valence-electron chi connectivity index (χ2n) is 5.85. The van der Waals surface area contributed by atoms with Crippen LogP contribution in [0.1, 0.15) is 25.3 Å². The Morgan fingerprint density at radius 1 is 1.45 bits per heavy atom. The number of benzene rings is 1. The Bertz CT molecular complexity index is 529. The lowest BCUT2D eigenvalue weighted by molar-refractivity contribution is 0.0616. The van der Waals surface area contributed by atoms with Gasteiger partial charge in [-0.25, -0.2) is 0 Å². The molecule has 1 aromatic rings. The predicted molar refractivity (Wildman–Crippen MR) is 80.3 cm³/mol. The van der Waals surface area contributed by atoms with Crippen molar-refractivity contribution >= 4 is 11.5 Å². The molecule has 0 fully saturated rings. The van der Waals surface area contributed by atoms with Crippen molar-refractivity contribution in [2.45, 2.75) is 25.4 Å². The van der Waals surface area contributed by atoms with Crippen molar-refractivity contribution in [1.82, 2.24) is 0 Å². The summed E-state index contributed by atoms with van der Waals surface area (Å²) >= 11 is 0. The maximum Gasteiger partial charge on any atom is 0.149 e. The molecule has 3 rings (SSSR count). The van der Waals surface area contributed by atoms with E-state index in [9.17, 15) is 5.11 Å². The summed E-state index contributed by atoms with van der Waals surface area (Å²) in [5, 5.41) is 11.3. The molecule has 108 valence electrons. The van der Waals surface area contributed by atoms with Crippen LogP contribution in [0.15, 0.2) is 29.3 Å². The van der Waals surface area contributed by atoms with E-state index < -0.39 is 5.60 Å². The molecule has 0 bridgehead atoms. The number of hydrogen-bond acceptors (Lipinski definition) is 4. The third kappa shape index (κ3) is 2.03. The van der Waals surface area contributed by atoms with Crippen molar-refractivity contribution in [2.24, 2.45) is 10.9 Å². The SMILES string of the molecule is COCC(C)CC1(O)C2=NCCCN2c2ccccc21. The van der Waals surface area contributed by atoms with Crippen LogP contribution in [0.5, 0.6) is 0 Å². The van der Waals surface area contributed by atoms with Gasteiger partial charge in [-0.1, -0.05) is 25.1 Å². The normalized spacial score (nSPS) is 25.9. The third-order valence-electron chi connectivity index (χ3n) is 4.16. The molecule has 4 nitrogen and oxygen atoms in total. The zero-order valence-electron chi connectivity index (χ0n) is 12.2. The number of fused-ring (bicyclic) bond motifs is 3. The Kier molecular flexibility index (Phi) is 3.52. The van der Waals surface area contributed by atoms with Gasteiger partial charge in [0.1, 0.15) is 11.4 Å². The van der Waals surface area contributed by atoms with Crippen LogP contribution in [0.4, 0.5) is 5.69 Å². The lowest BCUT2D eigenvalue weighted by atomic mass is 9.86. The largest absolute Gasteiger partial charge is 0.384 e. The Morgan fingerprint density at radius 2 is 2.25 bits per heavy atom. The summed E-state index contributed by atoms with van der Waals surface area (Å²) in [5.74, 6) is 1.11. The van der Waals surface area contributed by atoms with Crippen LogP contribution in [0, 0.1) is 5.92 Å². The van der Waals surface area contributed by atoms with Crippen LogP contribution in [0.3, 0.4) is 0 Å². The Balaban J connectivity index is 2.01. The number of para-hydroxylation sites is 1. The molecule has 0 spiro atoms. The van der Waals surface area contributed by atoms with Gasteiger partial charge in [-0.3, -0.25) is 4.99 Å². The highest BCUT2D eigenvalue weighted by atomic mass is 16.5. The van der Waals surface area contributed by atoms with Gasteiger partial charge in [-0.15, -0.1) is 0 Å². The first kappa shape index (κ1) is 13.6. The number of ether oxygens (including phenoxy) is 1. The van der Waals surface area contributed by atoms with Gasteiger partial charge in [-0.2, -0.15) is 0 Å². The quantitative estimate of drug-likeness (QED) is 0.915. The molecule has 1 N–H and O–H groups in total. The molecule has 0 amide bonds. The zero-order valence-corrected chi connectivity index (χ0v) is 12.2. The highest BCUT2D eigenvalue weighted by molar-refractivity contribution is 6.10. The van der Waals surface area contributed by atoms with Crippen LogP contribution in [0.25, 0.3) is 0 Å². The first-order chi connectivity index (χ1) is 9.66. The van der Waals surface area contributed by atoms with E-state index in [-0.39, 0.29) is 5.92 Å². The molecule has 2 aliphatic heterocycles. The Morgan fingerprint density at radius 3 is 3.05 bits per heavy atom. The van der Waals surface area contributed by atoms with Gasteiger partial charge >= 0.3 is 0 Å². The minimum absolute atomic E-state index is 0.280. The average Bonchev–Trinajstić information content (AvgIpc) is 2.70. The van der Waals surface area contributed by atoms with Gasteiger partial charge in [0.15, 0.2) is 0 Å². The monoisotopic (exact) mass is 274 g/mol. The number of rotatable bonds is 4. The van der Waals surface area contributed by atoms with Gasteiger partial charge in [0.25, 0.3) is 0 Å². The summed E-state index contributed by atoms with van der Waals surface area (Å²) in [5.41, 5.74) is 1.14. The van der Waals surface area contributed by atoms with Gasteiger partial charge < -0.3 is 14.7 Å². The number of nitrogens with zero attached hydrogens (tertiary/aromatic N) is 2. The summed E-state index contributed by atoms with van der Waals surface area (Å²) < 4.78 is 5.22. The van der Waals surface area contributed by atoms with Crippen LogP contribution >= 0.6 is 0 Å². The molecule has 1 aromatic carbocycles. The number of anilines is 1. The average molecular weight is 274 g/mol. The summed E-state index contributed by atoms with van der Waals surface area (Å²) in [6, 6.07) is 8.12. The summed E-state index contributed by atoms with van der Waals surface area (Å²) in [6.45, 7) is 4.51. The van der Waals surface area contributed by atoms with Crippen molar-refractivity contribution < 1.29 is 9.84 Å². The second kappa shape index (κ2) is 5.19. The molecule has 0 aliphatic carbocycles. The number of methoxy groups -OCH3 is 1. The maximum absolute atomic E-state index is 11.3. The standard InChI is InChI=1S/C16H22N2O2/c1-12(11-20-2)10-16(19)13-6-3-4-7-14(13)18-9-5-8-17-15(16)18/h3-4,6-7,12,19H,5,8-11H2,1-2H3. The second-order valence-corrected chi connectivity index (χ2v) is 5.85. The highest BCUT2D eigenvalue weighted by Gasteiger charge is 2.48. The van der Waals surface area contributed by atoms with Crippen LogP contribution in [-0.4, -0.2) is 37.7 Å². The van der Waals surface area contributed by atoms with E-state index in [1.807, 2.05) is 18.2 Å².